The molecule has 0 bridgehead atoms. The van der Waals surface area contributed by atoms with E-state index >= 15 is 0 Å². The van der Waals surface area contributed by atoms with E-state index in [4.69, 9.17) is 14.2 Å². The summed E-state index contributed by atoms with van der Waals surface area (Å²) in [4.78, 5) is 34.3. The summed E-state index contributed by atoms with van der Waals surface area (Å²) in [5.74, 6) is -0.165. The van der Waals surface area contributed by atoms with E-state index < -0.39 is 22.9 Å². The minimum Gasteiger partial charge on any atom is -0.454 e. The normalized spacial score (nSPS) is 13.2. The largest absolute Gasteiger partial charge is 0.454 e. The zero-order valence-corrected chi connectivity index (χ0v) is 14.8. The Morgan fingerprint density at radius 3 is 2.79 bits per heavy atom. The highest BCUT2D eigenvalue weighted by Gasteiger charge is 2.19. The number of ether oxygens (including phenoxy) is 3. The Hall–Kier alpha value is -3.88. The standard InChI is InChI=1S/C19H16N2O7/c1-12(19(23)20-14-6-7-16-17(10-14)27-11-26-16)28-18(22)8-5-13-3-2-4-15(9-13)21(24)25/h2-10,12H,11H2,1H3,(H,20,23)/b8-5+. The second-order valence-corrected chi connectivity index (χ2v) is 5.82. The summed E-state index contributed by atoms with van der Waals surface area (Å²) < 4.78 is 15.5. The number of carbonyl (C=O) groups is 2. The number of rotatable bonds is 6. The van der Waals surface area contributed by atoms with Crippen LogP contribution in [0.15, 0.2) is 48.5 Å². The molecule has 144 valence electrons. The summed E-state index contributed by atoms with van der Waals surface area (Å²) in [5, 5.41) is 13.4. The van der Waals surface area contributed by atoms with Gasteiger partial charge in [-0.3, -0.25) is 14.9 Å². The van der Waals surface area contributed by atoms with Crippen LogP contribution in [0.5, 0.6) is 11.5 Å². The third-order valence-corrected chi connectivity index (χ3v) is 3.80. The molecule has 1 unspecified atom stereocenters. The fourth-order valence-corrected chi connectivity index (χ4v) is 2.39. The molecule has 28 heavy (non-hydrogen) atoms. The van der Waals surface area contributed by atoms with Gasteiger partial charge in [-0.25, -0.2) is 4.79 Å². The van der Waals surface area contributed by atoms with Crippen LogP contribution in [-0.2, 0) is 14.3 Å². The number of benzene rings is 2. The van der Waals surface area contributed by atoms with E-state index in [9.17, 15) is 19.7 Å². The lowest BCUT2D eigenvalue weighted by molar-refractivity contribution is -0.384. The third kappa shape index (κ3) is 4.64. The maximum Gasteiger partial charge on any atom is 0.331 e. The van der Waals surface area contributed by atoms with Crippen molar-refractivity contribution in [2.45, 2.75) is 13.0 Å². The number of carbonyl (C=O) groups excluding carboxylic acids is 2. The molecule has 9 heteroatoms. The molecule has 1 heterocycles. The van der Waals surface area contributed by atoms with E-state index in [2.05, 4.69) is 5.32 Å². The van der Waals surface area contributed by atoms with E-state index in [-0.39, 0.29) is 12.5 Å². The molecule has 2 aromatic rings. The van der Waals surface area contributed by atoms with Crippen molar-refractivity contribution in [1.29, 1.82) is 0 Å². The summed E-state index contributed by atoms with van der Waals surface area (Å²) in [6, 6.07) is 10.7. The Morgan fingerprint density at radius 2 is 2.00 bits per heavy atom. The van der Waals surface area contributed by atoms with Crippen LogP contribution in [0.3, 0.4) is 0 Å². The van der Waals surface area contributed by atoms with Crippen molar-refractivity contribution in [3.05, 3.63) is 64.2 Å². The van der Waals surface area contributed by atoms with Crippen LogP contribution in [-0.4, -0.2) is 29.7 Å². The first-order chi connectivity index (χ1) is 13.4. The van der Waals surface area contributed by atoms with Gasteiger partial charge >= 0.3 is 5.97 Å². The SMILES string of the molecule is CC(OC(=O)/C=C/c1cccc([N+](=O)[O-])c1)C(=O)Nc1ccc2c(c1)OCO2. The van der Waals surface area contributed by atoms with Gasteiger partial charge in [-0.1, -0.05) is 12.1 Å². The van der Waals surface area contributed by atoms with Gasteiger partial charge in [0, 0.05) is 30.0 Å². The fourth-order valence-electron chi connectivity index (χ4n) is 2.39. The molecule has 0 aromatic heterocycles. The first kappa shape index (κ1) is 18.9. The molecule has 0 radical (unpaired) electrons. The molecule has 3 rings (SSSR count). The van der Waals surface area contributed by atoms with Crippen molar-refractivity contribution in [3.63, 3.8) is 0 Å². The number of nitro benzene ring substituents is 1. The second-order valence-electron chi connectivity index (χ2n) is 5.82. The van der Waals surface area contributed by atoms with Crippen molar-refractivity contribution in [3.8, 4) is 11.5 Å². The number of hydrogen-bond acceptors (Lipinski definition) is 7. The van der Waals surface area contributed by atoms with Gasteiger partial charge in [0.2, 0.25) is 6.79 Å². The first-order valence-electron chi connectivity index (χ1n) is 8.26. The number of hydrogen-bond donors (Lipinski definition) is 1. The van der Waals surface area contributed by atoms with Crippen LogP contribution in [0.2, 0.25) is 0 Å². The molecule has 1 amide bonds. The highest BCUT2D eigenvalue weighted by molar-refractivity contribution is 5.96. The van der Waals surface area contributed by atoms with Gasteiger partial charge < -0.3 is 19.5 Å². The average Bonchev–Trinajstić information content (AvgIpc) is 3.14. The Labute approximate surface area is 159 Å². The highest BCUT2D eigenvalue weighted by Crippen LogP contribution is 2.34. The lowest BCUT2D eigenvalue weighted by Gasteiger charge is -2.12. The van der Waals surface area contributed by atoms with Crippen LogP contribution in [0, 0.1) is 10.1 Å². The Morgan fingerprint density at radius 1 is 1.21 bits per heavy atom. The second kappa shape index (κ2) is 8.21. The minimum absolute atomic E-state index is 0.0908. The predicted octanol–water partition coefficient (Wildman–Crippen LogP) is 2.91. The van der Waals surface area contributed by atoms with Gasteiger partial charge in [0.25, 0.3) is 11.6 Å². The smallest absolute Gasteiger partial charge is 0.331 e. The summed E-state index contributed by atoms with van der Waals surface area (Å²) in [5.41, 5.74) is 0.847. The first-order valence-corrected chi connectivity index (χ1v) is 8.26. The topological polar surface area (TPSA) is 117 Å². The predicted molar refractivity (Wildman–Crippen MR) is 98.9 cm³/mol. The summed E-state index contributed by atoms with van der Waals surface area (Å²) >= 11 is 0. The number of esters is 1. The van der Waals surface area contributed by atoms with Gasteiger partial charge in [-0.15, -0.1) is 0 Å². The maximum absolute atomic E-state index is 12.2. The molecule has 1 atom stereocenters. The molecule has 1 N–H and O–H groups in total. The number of nitrogens with zero attached hydrogens (tertiary/aromatic N) is 1. The lowest BCUT2D eigenvalue weighted by Crippen LogP contribution is -2.29. The van der Waals surface area contributed by atoms with Crippen LogP contribution in [0.1, 0.15) is 12.5 Å². The molecule has 1 aliphatic rings. The van der Waals surface area contributed by atoms with Crippen LogP contribution >= 0.6 is 0 Å². The van der Waals surface area contributed by atoms with Gasteiger partial charge in [0.15, 0.2) is 17.6 Å². The maximum atomic E-state index is 12.2. The number of non-ortho nitro benzene ring substituents is 1. The molecule has 9 nitrogen and oxygen atoms in total. The minimum atomic E-state index is -1.05. The number of anilines is 1. The third-order valence-electron chi connectivity index (χ3n) is 3.80. The van der Waals surface area contributed by atoms with Gasteiger partial charge in [-0.2, -0.15) is 0 Å². The zero-order chi connectivity index (χ0) is 20.1. The molecular weight excluding hydrogens is 368 g/mol. The van der Waals surface area contributed by atoms with Gasteiger partial charge in [0.1, 0.15) is 0 Å². The van der Waals surface area contributed by atoms with Crippen molar-refractivity contribution < 1.29 is 28.7 Å². The molecule has 0 saturated carbocycles. The number of nitro groups is 1. The van der Waals surface area contributed by atoms with Crippen molar-refractivity contribution in [1.82, 2.24) is 0 Å². The van der Waals surface area contributed by atoms with E-state index in [1.807, 2.05) is 0 Å². The molecule has 0 fully saturated rings. The fraction of sp³-hybridized carbons (Fsp3) is 0.158. The Bertz CT molecular complexity index is 955. The van der Waals surface area contributed by atoms with E-state index in [1.165, 1.54) is 31.2 Å². The van der Waals surface area contributed by atoms with Crippen LogP contribution in [0.4, 0.5) is 11.4 Å². The number of nitrogens with one attached hydrogen (secondary N) is 1. The lowest BCUT2D eigenvalue weighted by atomic mass is 10.2. The highest BCUT2D eigenvalue weighted by atomic mass is 16.7. The quantitative estimate of drug-likeness (QED) is 0.352. The molecule has 0 aliphatic carbocycles. The number of amides is 1. The summed E-state index contributed by atoms with van der Waals surface area (Å²) in [6.07, 6.45) is 1.42. The molecular formula is C19H16N2O7. The van der Waals surface area contributed by atoms with E-state index in [0.717, 1.165) is 6.08 Å². The van der Waals surface area contributed by atoms with Crippen LogP contribution in [0.25, 0.3) is 6.08 Å². The molecule has 0 saturated heterocycles. The Balaban J connectivity index is 1.55. The molecule has 0 spiro atoms. The van der Waals surface area contributed by atoms with Crippen LogP contribution < -0.4 is 14.8 Å². The van der Waals surface area contributed by atoms with Crippen molar-refractivity contribution in [2.75, 3.05) is 12.1 Å². The van der Waals surface area contributed by atoms with E-state index in [0.29, 0.717) is 22.7 Å². The summed E-state index contributed by atoms with van der Waals surface area (Å²) in [7, 11) is 0. The molecule has 2 aromatic carbocycles. The average molecular weight is 384 g/mol. The van der Waals surface area contributed by atoms with Crippen molar-refractivity contribution in [2.24, 2.45) is 0 Å². The number of fused-ring (bicyclic) bond motifs is 1. The zero-order valence-electron chi connectivity index (χ0n) is 14.8. The monoisotopic (exact) mass is 384 g/mol. The van der Waals surface area contributed by atoms with E-state index in [1.54, 1.807) is 24.3 Å². The summed E-state index contributed by atoms with van der Waals surface area (Å²) in [6.45, 7) is 1.55. The van der Waals surface area contributed by atoms with Gasteiger partial charge in [-0.05, 0) is 30.7 Å². The Kier molecular flexibility index (Phi) is 5.54. The van der Waals surface area contributed by atoms with Gasteiger partial charge in [0.05, 0.1) is 4.92 Å². The molecule has 1 aliphatic heterocycles. The van der Waals surface area contributed by atoms with Crippen molar-refractivity contribution >= 4 is 29.3 Å².